The van der Waals surface area contributed by atoms with E-state index in [1.165, 1.54) is 11.1 Å². The lowest BCUT2D eigenvalue weighted by Crippen LogP contribution is -2.44. The van der Waals surface area contributed by atoms with Crippen molar-refractivity contribution < 1.29 is 9.53 Å². The standard InChI is InChI=1S/C14H24O2S/c1-7-16-13(15)14(9(2)3)8-10(4)11(5)12(14)17-6/h9,12H,7-8H2,1-6H3/t12-,14+/m0/s1. The summed E-state index contributed by atoms with van der Waals surface area (Å²) in [5.74, 6) is 0.275. The number of rotatable bonds is 4. The van der Waals surface area contributed by atoms with Crippen LogP contribution >= 0.6 is 11.8 Å². The van der Waals surface area contributed by atoms with Gasteiger partial charge in [0.2, 0.25) is 0 Å². The Morgan fingerprint density at radius 1 is 1.53 bits per heavy atom. The molecule has 1 aliphatic carbocycles. The summed E-state index contributed by atoms with van der Waals surface area (Å²) in [7, 11) is 0. The first-order valence-corrected chi connectivity index (χ1v) is 7.56. The predicted octanol–water partition coefficient (Wildman–Crippen LogP) is 3.66. The third kappa shape index (κ3) is 2.26. The second-order valence-electron chi connectivity index (χ2n) is 5.17. The van der Waals surface area contributed by atoms with E-state index < -0.39 is 0 Å². The van der Waals surface area contributed by atoms with Gasteiger partial charge in [0.25, 0.3) is 0 Å². The first-order valence-electron chi connectivity index (χ1n) is 6.28. The lowest BCUT2D eigenvalue weighted by molar-refractivity contribution is -0.157. The van der Waals surface area contributed by atoms with Crippen LogP contribution in [0.5, 0.6) is 0 Å². The third-order valence-corrected chi connectivity index (χ3v) is 5.26. The van der Waals surface area contributed by atoms with Gasteiger partial charge in [-0.15, -0.1) is 0 Å². The summed E-state index contributed by atoms with van der Waals surface area (Å²) >= 11 is 1.78. The smallest absolute Gasteiger partial charge is 0.314 e. The summed E-state index contributed by atoms with van der Waals surface area (Å²) < 4.78 is 5.34. The molecule has 0 N–H and O–H groups in total. The molecular weight excluding hydrogens is 232 g/mol. The van der Waals surface area contributed by atoms with Gasteiger partial charge < -0.3 is 4.74 Å². The Bertz CT molecular complexity index is 333. The van der Waals surface area contributed by atoms with Crippen LogP contribution in [0.4, 0.5) is 0 Å². The summed E-state index contributed by atoms with van der Waals surface area (Å²) in [5, 5.41) is 0.265. The highest BCUT2D eigenvalue weighted by Crippen LogP contribution is 2.52. The number of ether oxygens (including phenoxy) is 1. The highest BCUT2D eigenvalue weighted by atomic mass is 32.2. The molecule has 0 aromatic carbocycles. The van der Waals surface area contributed by atoms with Crippen molar-refractivity contribution >= 4 is 17.7 Å². The van der Waals surface area contributed by atoms with Crippen LogP contribution < -0.4 is 0 Å². The Morgan fingerprint density at radius 2 is 2.12 bits per heavy atom. The zero-order valence-electron chi connectivity index (χ0n) is 11.8. The summed E-state index contributed by atoms with van der Waals surface area (Å²) in [6.45, 7) is 10.9. The fourth-order valence-electron chi connectivity index (χ4n) is 2.86. The van der Waals surface area contributed by atoms with Crippen molar-refractivity contribution in [3.63, 3.8) is 0 Å². The molecule has 0 radical (unpaired) electrons. The zero-order chi connectivity index (χ0) is 13.2. The molecule has 2 nitrogen and oxygen atoms in total. The molecule has 0 unspecified atom stereocenters. The summed E-state index contributed by atoms with van der Waals surface area (Å²) in [5.41, 5.74) is 2.36. The number of esters is 1. The molecule has 0 bridgehead atoms. The maximum Gasteiger partial charge on any atom is 0.314 e. The van der Waals surface area contributed by atoms with Gasteiger partial charge in [-0.3, -0.25) is 4.79 Å². The molecule has 0 saturated heterocycles. The third-order valence-electron chi connectivity index (χ3n) is 4.01. The van der Waals surface area contributed by atoms with Gasteiger partial charge in [-0.1, -0.05) is 25.0 Å². The monoisotopic (exact) mass is 256 g/mol. The van der Waals surface area contributed by atoms with Gasteiger partial charge in [-0.05, 0) is 39.4 Å². The highest BCUT2D eigenvalue weighted by molar-refractivity contribution is 7.99. The fraction of sp³-hybridized carbons (Fsp3) is 0.786. The minimum Gasteiger partial charge on any atom is -0.466 e. The first kappa shape index (κ1) is 14.6. The Hall–Kier alpha value is -0.440. The summed E-state index contributed by atoms with van der Waals surface area (Å²) in [6.07, 6.45) is 2.93. The molecule has 3 heteroatoms. The fourth-order valence-corrected chi connectivity index (χ4v) is 4.28. The van der Waals surface area contributed by atoms with Gasteiger partial charge in [0.05, 0.1) is 12.0 Å². The molecule has 98 valence electrons. The summed E-state index contributed by atoms with van der Waals surface area (Å²) in [6, 6.07) is 0. The molecule has 2 atom stereocenters. The molecule has 1 rings (SSSR count). The number of hydrogen-bond donors (Lipinski definition) is 0. The Morgan fingerprint density at radius 3 is 2.53 bits per heavy atom. The highest BCUT2D eigenvalue weighted by Gasteiger charge is 2.53. The molecule has 0 heterocycles. The molecule has 1 aliphatic rings. The van der Waals surface area contributed by atoms with Crippen LogP contribution in [0.15, 0.2) is 11.1 Å². The van der Waals surface area contributed by atoms with Crippen molar-refractivity contribution in [3.05, 3.63) is 11.1 Å². The first-order chi connectivity index (χ1) is 7.91. The molecule has 0 aromatic rings. The van der Waals surface area contributed by atoms with E-state index in [0.29, 0.717) is 12.5 Å². The lowest BCUT2D eigenvalue weighted by atomic mass is 9.73. The van der Waals surface area contributed by atoms with Crippen LogP contribution in [0.2, 0.25) is 0 Å². The molecule has 0 aromatic heterocycles. The van der Waals surface area contributed by atoms with Crippen molar-refractivity contribution in [2.24, 2.45) is 11.3 Å². The van der Waals surface area contributed by atoms with E-state index in [1.807, 2.05) is 6.92 Å². The van der Waals surface area contributed by atoms with Crippen LogP contribution in [0.3, 0.4) is 0 Å². The van der Waals surface area contributed by atoms with Crippen LogP contribution in [0, 0.1) is 11.3 Å². The SMILES string of the molecule is CCOC(=O)[C@@]1(C(C)C)CC(C)=C(C)[C@@H]1SC. The van der Waals surface area contributed by atoms with Crippen molar-refractivity contribution in [1.82, 2.24) is 0 Å². The topological polar surface area (TPSA) is 26.3 Å². The number of allylic oxidation sites excluding steroid dienone is 1. The van der Waals surface area contributed by atoms with Crippen molar-refractivity contribution in [1.29, 1.82) is 0 Å². The van der Waals surface area contributed by atoms with E-state index in [4.69, 9.17) is 4.74 Å². The zero-order valence-corrected chi connectivity index (χ0v) is 12.6. The quantitative estimate of drug-likeness (QED) is 0.567. The maximum absolute atomic E-state index is 12.4. The minimum absolute atomic E-state index is 0.0226. The van der Waals surface area contributed by atoms with Crippen LogP contribution in [0.1, 0.15) is 41.0 Å². The Balaban J connectivity index is 3.15. The van der Waals surface area contributed by atoms with Crippen LogP contribution in [-0.2, 0) is 9.53 Å². The second-order valence-corrected chi connectivity index (χ2v) is 6.11. The van der Waals surface area contributed by atoms with Crippen molar-refractivity contribution in [3.8, 4) is 0 Å². The summed E-state index contributed by atoms with van der Waals surface area (Å²) in [4.78, 5) is 12.4. The van der Waals surface area contributed by atoms with Gasteiger partial charge >= 0.3 is 5.97 Å². The van der Waals surface area contributed by atoms with E-state index in [0.717, 1.165) is 6.42 Å². The average molecular weight is 256 g/mol. The van der Waals surface area contributed by atoms with Crippen LogP contribution in [-0.4, -0.2) is 24.1 Å². The molecule has 0 spiro atoms. The average Bonchev–Trinajstić information content (AvgIpc) is 2.52. The van der Waals surface area contributed by atoms with Gasteiger partial charge in [0.15, 0.2) is 0 Å². The molecule has 0 amide bonds. The van der Waals surface area contributed by atoms with E-state index in [-0.39, 0.29) is 16.6 Å². The predicted molar refractivity (Wildman–Crippen MR) is 74.2 cm³/mol. The minimum atomic E-state index is -0.358. The molecule has 0 aliphatic heterocycles. The normalized spacial score (nSPS) is 29.0. The number of thioether (sulfide) groups is 1. The van der Waals surface area contributed by atoms with Gasteiger partial charge in [-0.25, -0.2) is 0 Å². The molecule has 17 heavy (non-hydrogen) atoms. The molecular formula is C14H24O2S. The second kappa shape index (κ2) is 5.47. The van der Waals surface area contributed by atoms with E-state index in [1.54, 1.807) is 11.8 Å². The molecule has 0 fully saturated rings. The number of carbonyl (C=O) groups is 1. The Kier molecular flexibility index (Phi) is 4.70. The molecule has 0 saturated carbocycles. The largest absolute Gasteiger partial charge is 0.466 e. The number of hydrogen-bond acceptors (Lipinski definition) is 3. The van der Waals surface area contributed by atoms with Gasteiger partial charge in [-0.2, -0.15) is 11.8 Å². The van der Waals surface area contributed by atoms with Crippen LogP contribution in [0.25, 0.3) is 0 Å². The number of carbonyl (C=O) groups excluding carboxylic acids is 1. The van der Waals surface area contributed by atoms with Gasteiger partial charge in [0, 0.05) is 5.25 Å². The van der Waals surface area contributed by atoms with Gasteiger partial charge in [0.1, 0.15) is 0 Å². The van der Waals surface area contributed by atoms with E-state index >= 15 is 0 Å². The van der Waals surface area contributed by atoms with E-state index in [9.17, 15) is 4.79 Å². The lowest BCUT2D eigenvalue weighted by Gasteiger charge is -2.37. The van der Waals surface area contributed by atoms with Crippen molar-refractivity contribution in [2.45, 2.75) is 46.3 Å². The Labute approximate surface area is 109 Å². The maximum atomic E-state index is 12.4. The van der Waals surface area contributed by atoms with E-state index in [2.05, 4.69) is 34.0 Å². The van der Waals surface area contributed by atoms with Crippen molar-refractivity contribution in [2.75, 3.05) is 12.9 Å².